The van der Waals surface area contributed by atoms with Crippen molar-refractivity contribution < 1.29 is 0 Å². The first-order valence-electron chi connectivity index (χ1n) is 3.89. The molecule has 0 spiro atoms. The average molecular weight is 251 g/mol. The fourth-order valence-corrected chi connectivity index (χ4v) is 3.87. The predicted octanol–water partition coefficient (Wildman–Crippen LogP) is 4.42. The van der Waals surface area contributed by atoms with Gasteiger partial charge in [0.25, 0.3) is 0 Å². The van der Waals surface area contributed by atoms with Gasteiger partial charge in [0.2, 0.25) is 0 Å². The van der Waals surface area contributed by atoms with Crippen LogP contribution in [-0.2, 0) is 0 Å². The van der Waals surface area contributed by atoms with Gasteiger partial charge in [-0.25, -0.2) is 0 Å². The molecule has 0 saturated carbocycles. The first kappa shape index (κ1) is 13.3. The molecular formula is C7H15Cl3NP. The van der Waals surface area contributed by atoms with Gasteiger partial charge in [0.05, 0.1) is 7.43 Å². The Kier molecular flexibility index (Phi) is 6.50. The topological polar surface area (TPSA) is 3.24 Å². The Morgan fingerprint density at radius 1 is 1.00 bits per heavy atom. The lowest BCUT2D eigenvalue weighted by molar-refractivity contribution is 0.327. The highest BCUT2D eigenvalue weighted by Gasteiger charge is 2.26. The quantitative estimate of drug-likeness (QED) is 0.527. The van der Waals surface area contributed by atoms with Crippen molar-refractivity contribution in [2.24, 2.45) is 0 Å². The molecule has 0 bridgehead atoms. The predicted molar refractivity (Wildman–Crippen MR) is 60.4 cm³/mol. The minimum absolute atomic E-state index is 0.383. The Hall–Kier alpha value is 1.26. The van der Waals surface area contributed by atoms with E-state index in [0.717, 1.165) is 0 Å². The number of alkyl halides is 2. The first-order chi connectivity index (χ1) is 5.37. The Labute approximate surface area is 90.9 Å². The number of halogens is 3. The van der Waals surface area contributed by atoms with Gasteiger partial charge >= 0.3 is 0 Å². The van der Waals surface area contributed by atoms with Crippen LogP contribution in [-0.4, -0.2) is 21.3 Å². The zero-order valence-corrected chi connectivity index (χ0v) is 10.9. The van der Waals surface area contributed by atoms with E-state index in [0.29, 0.717) is 12.1 Å². The van der Waals surface area contributed by atoms with Crippen molar-refractivity contribution >= 4 is 41.9 Å². The third kappa shape index (κ3) is 3.98. The second-order valence-corrected chi connectivity index (χ2v) is 7.43. The highest BCUT2D eigenvalue weighted by Crippen LogP contribution is 2.55. The highest BCUT2D eigenvalue weighted by atomic mass is 35.7. The molecular weight excluding hydrogens is 235 g/mol. The molecule has 0 radical (unpaired) electrons. The van der Waals surface area contributed by atoms with Crippen LogP contribution in [0.4, 0.5) is 0 Å². The normalized spacial score (nSPS) is 15.2. The maximum atomic E-state index is 6.10. The molecule has 12 heavy (non-hydrogen) atoms. The maximum Gasteiger partial charge on any atom is 0.154 e. The second kappa shape index (κ2) is 5.88. The van der Waals surface area contributed by atoms with Crippen LogP contribution in [0.5, 0.6) is 0 Å². The molecule has 0 rings (SSSR count). The summed E-state index contributed by atoms with van der Waals surface area (Å²) in [7, 11) is -0.945. The Bertz CT molecular complexity index is 122. The first-order valence-corrected chi connectivity index (χ1v) is 7.03. The summed E-state index contributed by atoms with van der Waals surface area (Å²) in [5.41, 5.74) is 0. The van der Waals surface area contributed by atoms with E-state index in [1.54, 1.807) is 0 Å². The molecule has 0 aliphatic heterocycles. The van der Waals surface area contributed by atoms with E-state index in [1.807, 2.05) is 0 Å². The van der Waals surface area contributed by atoms with Gasteiger partial charge in [0.15, 0.2) is 4.58 Å². The fourth-order valence-electron chi connectivity index (χ4n) is 1.14. The molecule has 0 aromatic carbocycles. The number of nitrogens with zero attached hydrogens (tertiary/aromatic N) is 1. The smallest absolute Gasteiger partial charge is 0.154 e. The summed E-state index contributed by atoms with van der Waals surface area (Å²) in [6, 6.07) is 0.766. The maximum absolute atomic E-state index is 6.10. The van der Waals surface area contributed by atoms with Crippen molar-refractivity contribution in [3.63, 3.8) is 0 Å². The van der Waals surface area contributed by atoms with Gasteiger partial charge in [-0.05, 0) is 27.7 Å². The third-order valence-corrected chi connectivity index (χ3v) is 5.94. The molecule has 5 heteroatoms. The minimum atomic E-state index is -0.945. The molecule has 0 aromatic heterocycles. The van der Waals surface area contributed by atoms with E-state index in [4.69, 9.17) is 34.4 Å². The Balaban J connectivity index is 4.30. The third-order valence-electron chi connectivity index (χ3n) is 1.44. The lowest BCUT2D eigenvalue weighted by Crippen LogP contribution is -2.32. The summed E-state index contributed by atoms with van der Waals surface area (Å²) in [5.74, 6) is 0. The monoisotopic (exact) mass is 249 g/mol. The summed E-state index contributed by atoms with van der Waals surface area (Å²) in [5, 5.41) is 0. The molecule has 0 aliphatic rings. The van der Waals surface area contributed by atoms with Crippen molar-refractivity contribution in [3.8, 4) is 0 Å². The molecule has 0 aliphatic carbocycles. The van der Waals surface area contributed by atoms with Crippen molar-refractivity contribution in [1.82, 2.24) is 4.67 Å². The van der Waals surface area contributed by atoms with Crippen LogP contribution in [0.1, 0.15) is 27.7 Å². The van der Waals surface area contributed by atoms with Crippen LogP contribution < -0.4 is 0 Å². The van der Waals surface area contributed by atoms with E-state index in [1.165, 1.54) is 0 Å². The average Bonchev–Trinajstić information content (AvgIpc) is 1.85. The van der Waals surface area contributed by atoms with Gasteiger partial charge in [0.1, 0.15) is 0 Å². The molecule has 0 amide bonds. The molecule has 0 N–H and O–H groups in total. The number of hydrogen-bond acceptors (Lipinski definition) is 1. The highest BCUT2D eigenvalue weighted by molar-refractivity contribution is 7.85. The molecule has 1 atom stereocenters. The number of hydrogen-bond donors (Lipinski definition) is 0. The van der Waals surface area contributed by atoms with Crippen molar-refractivity contribution in [1.29, 1.82) is 0 Å². The summed E-state index contributed by atoms with van der Waals surface area (Å²) in [4.78, 5) is 0. The summed E-state index contributed by atoms with van der Waals surface area (Å²) >= 11 is 17.6. The van der Waals surface area contributed by atoms with Crippen LogP contribution in [0.2, 0.25) is 0 Å². The van der Waals surface area contributed by atoms with Gasteiger partial charge in [-0.3, -0.25) is 4.67 Å². The van der Waals surface area contributed by atoms with E-state index in [9.17, 15) is 0 Å². The lowest BCUT2D eigenvalue weighted by atomic mass is 10.3. The standard InChI is InChI=1S/C7H15Cl3NP/c1-5(2)11(6(3)4)12(10)7(8)9/h5-7H,1-4H3. The SMILES string of the molecule is CC(C)N(C(C)C)P(Cl)C(Cl)Cl. The van der Waals surface area contributed by atoms with Crippen LogP contribution in [0.15, 0.2) is 0 Å². The van der Waals surface area contributed by atoms with Crippen LogP contribution in [0.25, 0.3) is 0 Å². The summed E-state index contributed by atoms with van der Waals surface area (Å²) in [6.45, 7) is 8.36. The van der Waals surface area contributed by atoms with E-state index in [2.05, 4.69) is 32.4 Å². The summed E-state index contributed by atoms with van der Waals surface area (Å²) < 4.78 is 1.66. The minimum Gasteiger partial charge on any atom is -0.263 e. The lowest BCUT2D eigenvalue weighted by Gasteiger charge is -2.34. The van der Waals surface area contributed by atoms with Gasteiger partial charge in [0, 0.05) is 12.1 Å². The zero-order valence-electron chi connectivity index (χ0n) is 7.76. The molecule has 1 nitrogen and oxygen atoms in total. The summed E-state index contributed by atoms with van der Waals surface area (Å²) in [6.07, 6.45) is 0. The Morgan fingerprint density at radius 2 is 1.33 bits per heavy atom. The fraction of sp³-hybridized carbons (Fsp3) is 1.00. The molecule has 0 fully saturated rings. The number of rotatable bonds is 4. The van der Waals surface area contributed by atoms with E-state index < -0.39 is 12.0 Å². The van der Waals surface area contributed by atoms with Gasteiger partial charge in [-0.15, -0.1) is 0 Å². The van der Waals surface area contributed by atoms with Crippen molar-refractivity contribution in [3.05, 3.63) is 0 Å². The second-order valence-electron chi connectivity index (χ2n) is 3.13. The molecule has 0 heterocycles. The molecule has 0 saturated heterocycles. The van der Waals surface area contributed by atoms with E-state index >= 15 is 0 Å². The molecule has 74 valence electrons. The molecule has 1 unspecified atom stereocenters. The largest absolute Gasteiger partial charge is 0.263 e. The van der Waals surface area contributed by atoms with Crippen LogP contribution in [0, 0.1) is 0 Å². The Morgan fingerprint density at radius 3 is 1.42 bits per heavy atom. The van der Waals surface area contributed by atoms with Crippen LogP contribution >= 0.6 is 41.9 Å². The van der Waals surface area contributed by atoms with Gasteiger partial charge in [-0.2, -0.15) is 0 Å². The van der Waals surface area contributed by atoms with Gasteiger partial charge < -0.3 is 0 Å². The van der Waals surface area contributed by atoms with Crippen molar-refractivity contribution in [2.45, 2.75) is 44.4 Å². The van der Waals surface area contributed by atoms with E-state index in [-0.39, 0.29) is 0 Å². The van der Waals surface area contributed by atoms with Crippen LogP contribution in [0.3, 0.4) is 0 Å². The molecule has 0 aromatic rings. The van der Waals surface area contributed by atoms with Gasteiger partial charge in [-0.1, -0.05) is 34.4 Å². The van der Waals surface area contributed by atoms with Crippen molar-refractivity contribution in [2.75, 3.05) is 0 Å². The zero-order chi connectivity index (χ0) is 9.89.